The lowest BCUT2D eigenvalue weighted by Crippen LogP contribution is -2.54. The van der Waals surface area contributed by atoms with E-state index in [-0.39, 0.29) is 23.8 Å². The van der Waals surface area contributed by atoms with Crippen molar-refractivity contribution < 1.29 is 9.59 Å². The van der Waals surface area contributed by atoms with Gasteiger partial charge in [0.25, 0.3) is 5.91 Å². The summed E-state index contributed by atoms with van der Waals surface area (Å²) in [6.07, 6.45) is 1.99. The highest BCUT2D eigenvalue weighted by Gasteiger charge is 2.42. The van der Waals surface area contributed by atoms with Crippen LogP contribution >= 0.6 is 11.3 Å². The molecule has 3 aromatic rings. The van der Waals surface area contributed by atoms with Crippen LogP contribution in [0.25, 0.3) is 10.4 Å². The van der Waals surface area contributed by atoms with E-state index in [9.17, 15) is 9.59 Å². The van der Waals surface area contributed by atoms with Crippen LogP contribution < -0.4 is 5.32 Å². The summed E-state index contributed by atoms with van der Waals surface area (Å²) < 4.78 is 0. The van der Waals surface area contributed by atoms with Crippen LogP contribution in [0.4, 0.5) is 0 Å². The van der Waals surface area contributed by atoms with Crippen molar-refractivity contribution in [2.24, 2.45) is 5.92 Å². The van der Waals surface area contributed by atoms with Gasteiger partial charge < -0.3 is 15.1 Å². The van der Waals surface area contributed by atoms with Crippen LogP contribution in [0.1, 0.15) is 53.9 Å². The van der Waals surface area contributed by atoms with Crippen LogP contribution in [-0.2, 0) is 17.9 Å². The Labute approximate surface area is 217 Å². The number of hydrogen-bond donors (Lipinski definition) is 1. The SMILES string of the molecule is Cc1ncsc1-c1ccc(CNCC2CCCN2C(=O)C(C(C)C)N2Cc3ccccc3C2=O)cc1. The zero-order valence-electron chi connectivity index (χ0n) is 21.2. The van der Waals surface area contributed by atoms with E-state index in [0.29, 0.717) is 6.54 Å². The van der Waals surface area contributed by atoms with Crippen LogP contribution in [0, 0.1) is 12.8 Å². The van der Waals surface area contributed by atoms with E-state index in [2.05, 4.69) is 34.6 Å². The second kappa shape index (κ2) is 10.5. The molecule has 1 saturated heterocycles. The summed E-state index contributed by atoms with van der Waals surface area (Å²) >= 11 is 1.67. The molecule has 2 aliphatic rings. The molecule has 1 N–H and O–H groups in total. The molecule has 1 fully saturated rings. The standard InChI is InChI=1S/C29H34N4O2S/c1-19(2)26(33-17-23-7-4-5-9-25(23)28(33)34)29(35)32-14-6-8-24(32)16-30-15-21-10-12-22(13-11-21)27-20(3)31-18-36-27/h4-5,7,9-13,18-19,24,26,30H,6,8,14-17H2,1-3H3. The van der Waals surface area contributed by atoms with Gasteiger partial charge in [0, 0.05) is 37.8 Å². The van der Waals surface area contributed by atoms with Gasteiger partial charge >= 0.3 is 0 Å². The predicted octanol–water partition coefficient (Wildman–Crippen LogP) is 4.88. The molecule has 0 bridgehead atoms. The Balaban J connectivity index is 1.20. The third-order valence-electron chi connectivity index (χ3n) is 7.40. The van der Waals surface area contributed by atoms with Gasteiger partial charge in [-0.2, -0.15) is 0 Å². The molecule has 5 rings (SSSR count). The number of carbonyl (C=O) groups excluding carboxylic acids is 2. The molecule has 2 aromatic carbocycles. The molecule has 3 heterocycles. The van der Waals surface area contributed by atoms with Gasteiger partial charge in [-0.3, -0.25) is 9.59 Å². The van der Waals surface area contributed by atoms with Crippen LogP contribution in [0.5, 0.6) is 0 Å². The summed E-state index contributed by atoms with van der Waals surface area (Å²) in [5.41, 5.74) is 7.11. The fourth-order valence-corrected chi connectivity index (χ4v) is 6.34. The highest BCUT2D eigenvalue weighted by atomic mass is 32.1. The van der Waals surface area contributed by atoms with Gasteiger partial charge in [-0.05, 0) is 48.4 Å². The molecule has 0 spiro atoms. The monoisotopic (exact) mass is 502 g/mol. The summed E-state index contributed by atoms with van der Waals surface area (Å²) in [4.78, 5) is 36.3. The molecule has 2 amide bonds. The third kappa shape index (κ3) is 4.82. The first-order chi connectivity index (χ1) is 17.4. The van der Waals surface area contributed by atoms with E-state index >= 15 is 0 Å². The lowest BCUT2D eigenvalue weighted by atomic mass is 10.0. The Bertz CT molecular complexity index is 1240. The molecule has 2 aliphatic heterocycles. The van der Waals surface area contributed by atoms with Crippen molar-refractivity contribution >= 4 is 23.2 Å². The summed E-state index contributed by atoms with van der Waals surface area (Å²) in [6.45, 7) is 8.90. The van der Waals surface area contributed by atoms with E-state index < -0.39 is 6.04 Å². The van der Waals surface area contributed by atoms with E-state index in [1.54, 1.807) is 16.2 Å². The lowest BCUT2D eigenvalue weighted by molar-refractivity contribution is -0.138. The molecule has 0 saturated carbocycles. The van der Waals surface area contributed by atoms with Crippen LogP contribution in [0.3, 0.4) is 0 Å². The van der Waals surface area contributed by atoms with Crippen molar-refractivity contribution in [2.75, 3.05) is 13.1 Å². The summed E-state index contributed by atoms with van der Waals surface area (Å²) in [6, 6.07) is 16.0. The minimum absolute atomic E-state index is 0.0245. The van der Waals surface area contributed by atoms with Crippen molar-refractivity contribution in [3.8, 4) is 10.4 Å². The first kappa shape index (κ1) is 24.7. The molecule has 36 heavy (non-hydrogen) atoms. The largest absolute Gasteiger partial charge is 0.337 e. The highest BCUT2D eigenvalue weighted by molar-refractivity contribution is 7.13. The Kier molecular flexibility index (Phi) is 7.21. The second-order valence-electron chi connectivity index (χ2n) is 10.2. The smallest absolute Gasteiger partial charge is 0.255 e. The molecule has 1 aromatic heterocycles. The first-order valence-corrected chi connectivity index (χ1v) is 13.7. The van der Waals surface area contributed by atoms with E-state index in [1.807, 2.05) is 55.4 Å². The Morgan fingerprint density at radius 2 is 1.94 bits per heavy atom. The number of carbonyl (C=O) groups is 2. The van der Waals surface area contributed by atoms with Gasteiger partial charge in [-0.1, -0.05) is 56.3 Å². The zero-order valence-corrected chi connectivity index (χ0v) is 22.1. The van der Waals surface area contributed by atoms with Gasteiger partial charge in [-0.15, -0.1) is 11.3 Å². The lowest BCUT2D eigenvalue weighted by Gasteiger charge is -2.35. The first-order valence-electron chi connectivity index (χ1n) is 12.8. The molecule has 0 aliphatic carbocycles. The average Bonchev–Trinajstić information content (AvgIpc) is 3.59. The number of nitrogens with zero attached hydrogens (tertiary/aromatic N) is 3. The Morgan fingerprint density at radius 1 is 1.17 bits per heavy atom. The number of amides is 2. The van der Waals surface area contributed by atoms with Crippen molar-refractivity contribution in [3.63, 3.8) is 0 Å². The summed E-state index contributed by atoms with van der Waals surface area (Å²) in [5, 5.41) is 3.57. The molecule has 188 valence electrons. The fourth-order valence-electron chi connectivity index (χ4n) is 5.52. The number of nitrogens with one attached hydrogen (secondary N) is 1. The topological polar surface area (TPSA) is 65.5 Å². The number of fused-ring (bicyclic) bond motifs is 1. The molecule has 2 atom stereocenters. The molecule has 7 heteroatoms. The van der Waals surface area contributed by atoms with E-state index in [0.717, 1.165) is 49.3 Å². The minimum atomic E-state index is -0.437. The summed E-state index contributed by atoms with van der Waals surface area (Å²) in [5.74, 6) is 0.105. The minimum Gasteiger partial charge on any atom is -0.337 e. The number of aromatic nitrogens is 1. The summed E-state index contributed by atoms with van der Waals surface area (Å²) in [7, 11) is 0. The molecule has 6 nitrogen and oxygen atoms in total. The van der Waals surface area contributed by atoms with Crippen LogP contribution in [-0.4, -0.2) is 51.8 Å². The molecular formula is C29H34N4O2S. The fraction of sp³-hybridized carbons (Fsp3) is 0.414. The van der Waals surface area contributed by atoms with Crippen molar-refractivity contribution in [1.29, 1.82) is 0 Å². The number of likely N-dealkylation sites (tertiary alicyclic amines) is 1. The average molecular weight is 503 g/mol. The van der Waals surface area contributed by atoms with Crippen molar-refractivity contribution in [3.05, 3.63) is 76.4 Å². The van der Waals surface area contributed by atoms with Gasteiger partial charge in [0.05, 0.1) is 16.1 Å². The zero-order chi connectivity index (χ0) is 25.2. The molecule has 2 unspecified atom stereocenters. The van der Waals surface area contributed by atoms with Gasteiger partial charge in [-0.25, -0.2) is 4.98 Å². The van der Waals surface area contributed by atoms with Gasteiger partial charge in [0.2, 0.25) is 5.91 Å². The normalized spacial score (nSPS) is 18.2. The van der Waals surface area contributed by atoms with Crippen LogP contribution in [0.15, 0.2) is 54.0 Å². The van der Waals surface area contributed by atoms with Crippen molar-refractivity contribution in [1.82, 2.24) is 20.1 Å². The predicted molar refractivity (Wildman–Crippen MR) is 144 cm³/mol. The maximum absolute atomic E-state index is 13.8. The van der Waals surface area contributed by atoms with E-state index in [4.69, 9.17) is 0 Å². The number of hydrogen-bond acceptors (Lipinski definition) is 5. The highest BCUT2D eigenvalue weighted by Crippen LogP contribution is 2.30. The maximum Gasteiger partial charge on any atom is 0.255 e. The Morgan fingerprint density at radius 3 is 2.64 bits per heavy atom. The Hall–Kier alpha value is -3.03. The van der Waals surface area contributed by atoms with Gasteiger partial charge in [0.15, 0.2) is 0 Å². The van der Waals surface area contributed by atoms with E-state index in [1.165, 1.54) is 16.0 Å². The van der Waals surface area contributed by atoms with Gasteiger partial charge in [0.1, 0.15) is 6.04 Å². The third-order valence-corrected chi connectivity index (χ3v) is 8.38. The molecule has 0 radical (unpaired) electrons. The number of benzene rings is 2. The second-order valence-corrected chi connectivity index (χ2v) is 11.1. The quantitative estimate of drug-likeness (QED) is 0.477. The maximum atomic E-state index is 13.8. The van der Waals surface area contributed by atoms with Crippen molar-refractivity contribution in [2.45, 2.75) is 58.8 Å². The molecular weight excluding hydrogens is 468 g/mol. The number of aryl methyl sites for hydroxylation is 1. The van der Waals surface area contributed by atoms with Crippen LogP contribution in [0.2, 0.25) is 0 Å². The number of rotatable bonds is 8. The number of thiazole rings is 1.